The molecular weight excluding hydrogens is 190 g/mol. The van der Waals surface area contributed by atoms with Crippen molar-refractivity contribution in [2.75, 3.05) is 26.8 Å². The topological polar surface area (TPSA) is 41.5 Å². The fourth-order valence-electron chi connectivity index (χ4n) is 2.32. The number of aliphatic hydroxyl groups excluding tert-OH is 1. The van der Waals surface area contributed by atoms with Crippen LogP contribution in [0.3, 0.4) is 0 Å². The van der Waals surface area contributed by atoms with Crippen LogP contribution in [0.25, 0.3) is 0 Å². The van der Waals surface area contributed by atoms with Crippen LogP contribution in [0, 0.1) is 5.41 Å². The maximum atomic E-state index is 9.49. The molecule has 1 atom stereocenters. The molecule has 0 saturated heterocycles. The lowest BCUT2D eigenvalue weighted by Gasteiger charge is -2.36. The Morgan fingerprint density at radius 2 is 2.00 bits per heavy atom. The van der Waals surface area contributed by atoms with Crippen molar-refractivity contribution >= 4 is 0 Å². The van der Waals surface area contributed by atoms with E-state index in [1.165, 1.54) is 19.3 Å². The molecule has 1 fully saturated rings. The molecule has 1 unspecified atom stereocenters. The smallest absolute Gasteiger partial charge is 0.0667 e. The highest BCUT2D eigenvalue weighted by Gasteiger charge is 2.30. The lowest BCUT2D eigenvalue weighted by molar-refractivity contribution is 0.0708. The van der Waals surface area contributed by atoms with Gasteiger partial charge in [-0.2, -0.15) is 0 Å². The number of nitrogens with one attached hydrogen (secondary N) is 1. The highest BCUT2D eigenvalue weighted by Crippen LogP contribution is 2.35. The first kappa shape index (κ1) is 12.9. The van der Waals surface area contributed by atoms with Gasteiger partial charge in [-0.1, -0.05) is 19.3 Å². The molecule has 0 aromatic carbocycles. The normalized spacial score (nSPS) is 22.6. The minimum Gasteiger partial charge on any atom is -0.396 e. The number of aliphatic hydroxyl groups is 1. The molecule has 15 heavy (non-hydrogen) atoms. The van der Waals surface area contributed by atoms with Crippen molar-refractivity contribution in [3.05, 3.63) is 0 Å². The molecule has 0 aromatic rings. The van der Waals surface area contributed by atoms with E-state index in [4.69, 9.17) is 4.74 Å². The van der Waals surface area contributed by atoms with Gasteiger partial charge >= 0.3 is 0 Å². The van der Waals surface area contributed by atoms with Crippen molar-refractivity contribution in [3.8, 4) is 0 Å². The quantitative estimate of drug-likeness (QED) is 0.706. The zero-order valence-corrected chi connectivity index (χ0v) is 10.1. The summed E-state index contributed by atoms with van der Waals surface area (Å²) in [6.45, 7) is 4.18. The summed E-state index contributed by atoms with van der Waals surface area (Å²) in [6.07, 6.45) is 6.44. The van der Waals surface area contributed by atoms with Gasteiger partial charge in [0, 0.05) is 32.2 Å². The van der Waals surface area contributed by atoms with Gasteiger partial charge in [0.05, 0.1) is 6.10 Å². The van der Waals surface area contributed by atoms with Crippen LogP contribution >= 0.6 is 0 Å². The van der Waals surface area contributed by atoms with E-state index in [0.29, 0.717) is 6.61 Å². The summed E-state index contributed by atoms with van der Waals surface area (Å²) in [5, 5.41) is 12.9. The fourth-order valence-corrected chi connectivity index (χ4v) is 2.32. The SMILES string of the molecule is COC(C)CNCC1(CO)CCCCC1. The third-order valence-corrected chi connectivity index (χ3v) is 3.58. The second kappa shape index (κ2) is 6.46. The summed E-state index contributed by atoms with van der Waals surface area (Å²) in [6, 6.07) is 0. The summed E-state index contributed by atoms with van der Waals surface area (Å²) in [7, 11) is 1.73. The molecule has 3 heteroatoms. The average Bonchev–Trinajstić information content (AvgIpc) is 2.30. The van der Waals surface area contributed by atoms with Gasteiger partial charge in [0.1, 0.15) is 0 Å². The van der Waals surface area contributed by atoms with Crippen LogP contribution in [0.4, 0.5) is 0 Å². The third kappa shape index (κ3) is 4.09. The minimum absolute atomic E-state index is 0.145. The van der Waals surface area contributed by atoms with Crippen LogP contribution in [-0.4, -0.2) is 38.0 Å². The van der Waals surface area contributed by atoms with Crippen LogP contribution < -0.4 is 5.32 Å². The molecule has 0 radical (unpaired) electrons. The highest BCUT2D eigenvalue weighted by molar-refractivity contribution is 4.84. The van der Waals surface area contributed by atoms with E-state index in [1.807, 2.05) is 0 Å². The Bertz CT molecular complexity index is 167. The Morgan fingerprint density at radius 3 is 2.53 bits per heavy atom. The Morgan fingerprint density at radius 1 is 1.33 bits per heavy atom. The molecule has 1 aliphatic rings. The Balaban J connectivity index is 2.26. The Kier molecular flexibility index (Phi) is 5.58. The van der Waals surface area contributed by atoms with E-state index in [1.54, 1.807) is 7.11 Å². The van der Waals surface area contributed by atoms with E-state index >= 15 is 0 Å². The molecule has 0 heterocycles. The third-order valence-electron chi connectivity index (χ3n) is 3.58. The summed E-state index contributed by atoms with van der Waals surface area (Å²) >= 11 is 0. The molecule has 1 rings (SSSR count). The number of rotatable bonds is 6. The van der Waals surface area contributed by atoms with Gasteiger partial charge in [-0.25, -0.2) is 0 Å². The van der Waals surface area contributed by atoms with Crippen LogP contribution in [0.5, 0.6) is 0 Å². The highest BCUT2D eigenvalue weighted by atomic mass is 16.5. The van der Waals surface area contributed by atoms with E-state index in [-0.39, 0.29) is 11.5 Å². The number of hydrogen-bond acceptors (Lipinski definition) is 3. The van der Waals surface area contributed by atoms with Crippen LogP contribution in [0.2, 0.25) is 0 Å². The summed E-state index contributed by atoms with van der Waals surface area (Å²) in [5.74, 6) is 0. The lowest BCUT2D eigenvalue weighted by atomic mass is 9.74. The lowest BCUT2D eigenvalue weighted by Crippen LogP contribution is -2.41. The molecule has 0 aliphatic heterocycles. The minimum atomic E-state index is 0.145. The van der Waals surface area contributed by atoms with E-state index in [2.05, 4.69) is 12.2 Å². The predicted molar refractivity (Wildman–Crippen MR) is 61.9 cm³/mol. The summed E-state index contributed by atoms with van der Waals surface area (Å²) in [5.41, 5.74) is 0.145. The van der Waals surface area contributed by atoms with Gasteiger partial charge in [-0.05, 0) is 19.8 Å². The monoisotopic (exact) mass is 215 g/mol. The maximum absolute atomic E-state index is 9.49. The van der Waals surface area contributed by atoms with Crippen LogP contribution in [-0.2, 0) is 4.74 Å². The standard InChI is InChI=1S/C12H25NO2/c1-11(15-2)8-13-9-12(10-14)6-4-3-5-7-12/h11,13-14H,3-10H2,1-2H3. The molecule has 0 spiro atoms. The van der Waals surface area contributed by atoms with E-state index < -0.39 is 0 Å². The van der Waals surface area contributed by atoms with Gasteiger partial charge < -0.3 is 15.2 Å². The molecule has 1 aliphatic carbocycles. The second-order valence-electron chi connectivity index (χ2n) is 4.90. The molecule has 1 saturated carbocycles. The Labute approximate surface area is 93.2 Å². The maximum Gasteiger partial charge on any atom is 0.0667 e. The number of hydrogen-bond donors (Lipinski definition) is 2. The van der Waals surface area contributed by atoms with Crippen LogP contribution in [0.1, 0.15) is 39.0 Å². The van der Waals surface area contributed by atoms with Crippen molar-refractivity contribution in [1.29, 1.82) is 0 Å². The first-order valence-corrected chi connectivity index (χ1v) is 6.07. The predicted octanol–water partition coefficient (Wildman–Crippen LogP) is 1.55. The summed E-state index contributed by atoms with van der Waals surface area (Å²) in [4.78, 5) is 0. The second-order valence-corrected chi connectivity index (χ2v) is 4.90. The zero-order valence-electron chi connectivity index (χ0n) is 10.1. The van der Waals surface area contributed by atoms with Gasteiger partial charge in [0.25, 0.3) is 0 Å². The van der Waals surface area contributed by atoms with Gasteiger partial charge in [0.2, 0.25) is 0 Å². The van der Waals surface area contributed by atoms with E-state index in [9.17, 15) is 5.11 Å². The molecule has 0 amide bonds. The van der Waals surface area contributed by atoms with Gasteiger partial charge in [-0.3, -0.25) is 0 Å². The zero-order chi connectivity index (χ0) is 11.1. The van der Waals surface area contributed by atoms with Crippen molar-refractivity contribution < 1.29 is 9.84 Å². The summed E-state index contributed by atoms with van der Waals surface area (Å²) < 4.78 is 5.18. The largest absolute Gasteiger partial charge is 0.396 e. The van der Waals surface area contributed by atoms with E-state index in [0.717, 1.165) is 25.9 Å². The molecule has 3 nitrogen and oxygen atoms in total. The number of methoxy groups -OCH3 is 1. The van der Waals surface area contributed by atoms with Crippen molar-refractivity contribution in [2.24, 2.45) is 5.41 Å². The average molecular weight is 215 g/mol. The van der Waals surface area contributed by atoms with Gasteiger partial charge in [-0.15, -0.1) is 0 Å². The van der Waals surface area contributed by atoms with Crippen molar-refractivity contribution in [1.82, 2.24) is 5.32 Å². The number of ether oxygens (including phenoxy) is 1. The Hall–Kier alpha value is -0.120. The molecule has 2 N–H and O–H groups in total. The molecule has 0 aromatic heterocycles. The fraction of sp³-hybridized carbons (Fsp3) is 1.00. The van der Waals surface area contributed by atoms with Crippen molar-refractivity contribution in [2.45, 2.75) is 45.1 Å². The molecule has 0 bridgehead atoms. The molecule has 90 valence electrons. The van der Waals surface area contributed by atoms with Crippen LogP contribution in [0.15, 0.2) is 0 Å². The first-order valence-electron chi connectivity index (χ1n) is 6.07. The van der Waals surface area contributed by atoms with Crippen molar-refractivity contribution in [3.63, 3.8) is 0 Å². The van der Waals surface area contributed by atoms with Gasteiger partial charge in [0.15, 0.2) is 0 Å². The first-order chi connectivity index (χ1) is 7.22. The molecular formula is C12H25NO2.